The first-order chi connectivity index (χ1) is 12.9. The highest BCUT2D eigenvalue weighted by Crippen LogP contribution is 2.24. The van der Waals surface area contributed by atoms with Crippen LogP contribution in [0.15, 0.2) is 78.0 Å². The highest BCUT2D eigenvalue weighted by atomic mass is 35.5. The predicted molar refractivity (Wildman–Crippen MR) is 108 cm³/mol. The topological polar surface area (TPSA) is 63.5 Å². The molecule has 0 unspecified atom stereocenters. The van der Waals surface area contributed by atoms with Crippen LogP contribution in [0.4, 0.5) is 5.69 Å². The lowest BCUT2D eigenvalue weighted by Crippen LogP contribution is -2.12. The van der Waals surface area contributed by atoms with Crippen molar-refractivity contribution in [1.82, 2.24) is 9.38 Å². The van der Waals surface area contributed by atoms with Gasteiger partial charge in [-0.1, -0.05) is 35.9 Å². The number of aryl methyl sites for hydroxylation is 1. The minimum absolute atomic E-state index is 0.120. The van der Waals surface area contributed by atoms with Crippen LogP contribution in [0, 0.1) is 6.92 Å². The van der Waals surface area contributed by atoms with Crippen LogP contribution in [0.5, 0.6) is 0 Å². The molecule has 5 nitrogen and oxygen atoms in total. The smallest absolute Gasteiger partial charge is 0.261 e. The van der Waals surface area contributed by atoms with Crippen molar-refractivity contribution in [3.8, 4) is 11.3 Å². The Morgan fingerprint density at radius 1 is 1.04 bits per heavy atom. The Bertz CT molecular complexity index is 1230. The molecule has 0 aliphatic rings. The van der Waals surface area contributed by atoms with Gasteiger partial charge in [0.1, 0.15) is 5.65 Å². The summed E-state index contributed by atoms with van der Waals surface area (Å²) in [6.07, 6.45) is 3.90. The second kappa shape index (κ2) is 6.72. The van der Waals surface area contributed by atoms with Crippen LogP contribution >= 0.6 is 11.6 Å². The van der Waals surface area contributed by atoms with Gasteiger partial charge in [0.25, 0.3) is 10.0 Å². The van der Waals surface area contributed by atoms with Crippen LogP contribution in [-0.2, 0) is 10.0 Å². The Morgan fingerprint density at radius 2 is 1.81 bits per heavy atom. The van der Waals surface area contributed by atoms with Gasteiger partial charge in [0.2, 0.25) is 0 Å². The molecular weight excluding hydrogens is 382 g/mol. The molecule has 7 heteroatoms. The zero-order valence-electron chi connectivity index (χ0n) is 14.4. The summed E-state index contributed by atoms with van der Waals surface area (Å²) in [4.78, 5) is 4.77. The van der Waals surface area contributed by atoms with E-state index in [9.17, 15) is 8.42 Å². The number of hydrogen-bond donors (Lipinski definition) is 1. The van der Waals surface area contributed by atoms with Crippen molar-refractivity contribution in [2.75, 3.05) is 4.72 Å². The van der Waals surface area contributed by atoms with E-state index in [1.54, 1.807) is 24.3 Å². The van der Waals surface area contributed by atoms with Gasteiger partial charge in [-0.05, 0) is 48.9 Å². The van der Waals surface area contributed by atoms with Crippen LogP contribution in [0.25, 0.3) is 16.9 Å². The molecule has 1 N–H and O–H groups in total. The molecule has 0 amide bonds. The molecule has 0 atom stereocenters. The third kappa shape index (κ3) is 3.54. The molecule has 27 heavy (non-hydrogen) atoms. The maximum absolute atomic E-state index is 12.5. The molecule has 0 fully saturated rings. The fraction of sp³-hybridized carbons (Fsp3) is 0.0500. The quantitative estimate of drug-likeness (QED) is 0.539. The summed E-state index contributed by atoms with van der Waals surface area (Å²) in [5.41, 5.74) is 4.20. The Labute approximate surface area is 162 Å². The molecule has 0 aliphatic carbocycles. The highest BCUT2D eigenvalue weighted by Gasteiger charge is 2.14. The van der Waals surface area contributed by atoms with E-state index in [0.717, 1.165) is 22.5 Å². The van der Waals surface area contributed by atoms with Crippen LogP contribution in [0.1, 0.15) is 5.56 Å². The molecule has 0 bridgehead atoms. The van der Waals surface area contributed by atoms with Crippen molar-refractivity contribution in [3.63, 3.8) is 0 Å². The van der Waals surface area contributed by atoms with E-state index in [1.165, 1.54) is 12.1 Å². The van der Waals surface area contributed by atoms with Gasteiger partial charge < -0.3 is 4.40 Å². The van der Waals surface area contributed by atoms with E-state index < -0.39 is 10.0 Å². The number of fused-ring (bicyclic) bond motifs is 1. The summed E-state index contributed by atoms with van der Waals surface area (Å²) < 4.78 is 29.5. The molecule has 0 aliphatic heterocycles. The van der Waals surface area contributed by atoms with Gasteiger partial charge in [0.15, 0.2) is 0 Å². The molecule has 136 valence electrons. The van der Waals surface area contributed by atoms with Gasteiger partial charge in [0.05, 0.1) is 10.6 Å². The second-order valence-electron chi connectivity index (χ2n) is 6.19. The predicted octanol–water partition coefficient (Wildman–Crippen LogP) is 4.76. The summed E-state index contributed by atoms with van der Waals surface area (Å²) in [5, 5.41) is 0.371. The standard InChI is InChI=1S/C20H16ClN3O2S/c1-14-4-3-11-24-13-19(22-20(14)24)15-7-9-17(10-8-15)23-27(25,26)18-6-2-5-16(21)12-18/h2-13,23H,1H3. The summed E-state index contributed by atoms with van der Waals surface area (Å²) in [6.45, 7) is 2.01. The molecule has 2 aromatic heterocycles. The number of nitrogens with zero attached hydrogens (tertiary/aromatic N) is 2. The number of imidazole rings is 1. The van der Waals surface area contributed by atoms with Crippen molar-refractivity contribution in [2.45, 2.75) is 11.8 Å². The largest absolute Gasteiger partial charge is 0.306 e. The number of anilines is 1. The van der Waals surface area contributed by atoms with Crippen molar-refractivity contribution < 1.29 is 8.42 Å². The third-order valence-corrected chi connectivity index (χ3v) is 5.83. The number of halogens is 1. The van der Waals surface area contributed by atoms with Crippen molar-refractivity contribution in [2.24, 2.45) is 0 Å². The van der Waals surface area contributed by atoms with Gasteiger partial charge in [0, 0.05) is 28.7 Å². The van der Waals surface area contributed by atoms with E-state index >= 15 is 0 Å². The molecule has 2 heterocycles. The van der Waals surface area contributed by atoms with Gasteiger partial charge in [-0.15, -0.1) is 0 Å². The van der Waals surface area contributed by atoms with Crippen molar-refractivity contribution >= 4 is 33.0 Å². The lowest BCUT2D eigenvalue weighted by molar-refractivity contribution is 0.601. The molecule has 4 rings (SSSR count). The van der Waals surface area contributed by atoms with Crippen LogP contribution in [0.3, 0.4) is 0 Å². The monoisotopic (exact) mass is 397 g/mol. The normalized spacial score (nSPS) is 11.6. The fourth-order valence-corrected chi connectivity index (χ4v) is 4.21. The van der Waals surface area contributed by atoms with Crippen LogP contribution in [-0.4, -0.2) is 17.8 Å². The van der Waals surface area contributed by atoms with E-state index in [-0.39, 0.29) is 4.90 Å². The number of rotatable bonds is 4. The first-order valence-electron chi connectivity index (χ1n) is 8.25. The second-order valence-corrected chi connectivity index (χ2v) is 8.31. The maximum Gasteiger partial charge on any atom is 0.261 e. The van der Waals surface area contributed by atoms with Gasteiger partial charge >= 0.3 is 0 Å². The molecule has 0 radical (unpaired) electrons. The van der Waals surface area contributed by atoms with Crippen LogP contribution in [0.2, 0.25) is 5.02 Å². The first kappa shape index (κ1) is 17.6. The molecule has 0 saturated heterocycles. The summed E-state index contributed by atoms with van der Waals surface area (Å²) >= 11 is 5.89. The summed E-state index contributed by atoms with van der Waals surface area (Å²) in [6, 6.07) is 17.2. The SMILES string of the molecule is Cc1cccn2cc(-c3ccc(NS(=O)(=O)c4cccc(Cl)c4)cc3)nc12. The van der Waals surface area contributed by atoms with Gasteiger partial charge in [-0.2, -0.15) is 0 Å². The number of pyridine rings is 1. The molecule has 0 spiro atoms. The lowest BCUT2D eigenvalue weighted by atomic mass is 10.1. The minimum Gasteiger partial charge on any atom is -0.306 e. The summed E-state index contributed by atoms with van der Waals surface area (Å²) in [5.74, 6) is 0. The van der Waals surface area contributed by atoms with E-state index in [0.29, 0.717) is 10.7 Å². The summed E-state index contributed by atoms with van der Waals surface area (Å²) in [7, 11) is -3.69. The minimum atomic E-state index is -3.69. The molecule has 2 aromatic carbocycles. The zero-order chi connectivity index (χ0) is 19.0. The van der Waals surface area contributed by atoms with Crippen molar-refractivity contribution in [3.05, 3.63) is 83.6 Å². The van der Waals surface area contributed by atoms with E-state index in [1.807, 2.05) is 48.0 Å². The Kier molecular flexibility index (Phi) is 4.37. The first-order valence-corrected chi connectivity index (χ1v) is 10.1. The number of hydrogen-bond acceptors (Lipinski definition) is 3. The number of nitrogens with one attached hydrogen (secondary N) is 1. The zero-order valence-corrected chi connectivity index (χ0v) is 16.0. The molecular formula is C20H16ClN3O2S. The van der Waals surface area contributed by atoms with Gasteiger partial charge in [-0.25, -0.2) is 13.4 Å². The van der Waals surface area contributed by atoms with Crippen LogP contribution < -0.4 is 4.72 Å². The van der Waals surface area contributed by atoms with E-state index in [4.69, 9.17) is 11.6 Å². The number of aromatic nitrogens is 2. The Morgan fingerprint density at radius 3 is 2.52 bits per heavy atom. The lowest BCUT2D eigenvalue weighted by Gasteiger charge is -2.08. The molecule has 4 aromatic rings. The molecule has 0 saturated carbocycles. The van der Waals surface area contributed by atoms with Crippen molar-refractivity contribution in [1.29, 1.82) is 0 Å². The fourth-order valence-electron chi connectivity index (χ4n) is 2.85. The Hall–Kier alpha value is -2.83. The Balaban J connectivity index is 1.61. The maximum atomic E-state index is 12.5. The van der Waals surface area contributed by atoms with E-state index in [2.05, 4.69) is 9.71 Å². The van der Waals surface area contributed by atoms with Gasteiger partial charge in [-0.3, -0.25) is 4.72 Å². The number of benzene rings is 2. The average molecular weight is 398 g/mol. The third-order valence-electron chi connectivity index (χ3n) is 4.22. The highest BCUT2D eigenvalue weighted by molar-refractivity contribution is 7.92. The number of sulfonamides is 1. The average Bonchev–Trinajstić information content (AvgIpc) is 3.08.